The van der Waals surface area contributed by atoms with Crippen LogP contribution < -0.4 is 5.43 Å². The molecular formula is C21H13N6+. The minimum Gasteiger partial charge on any atom is -0.256 e. The molecule has 5 rings (SSSR count). The van der Waals surface area contributed by atoms with Crippen molar-refractivity contribution in [2.45, 2.75) is 0 Å². The van der Waals surface area contributed by atoms with Gasteiger partial charge in [-0.25, -0.2) is 10.4 Å². The number of fused-ring (bicyclic) bond motifs is 2. The summed E-state index contributed by atoms with van der Waals surface area (Å²) in [5.74, 6) is 0.850. The highest BCUT2D eigenvalue weighted by molar-refractivity contribution is 5.88. The van der Waals surface area contributed by atoms with Crippen molar-refractivity contribution in [1.82, 2.24) is 15.0 Å². The van der Waals surface area contributed by atoms with Gasteiger partial charge in [-0.05, 0) is 53.5 Å². The molecule has 1 aliphatic rings. The van der Waals surface area contributed by atoms with E-state index in [-0.39, 0.29) is 0 Å². The Hall–Kier alpha value is -4.11. The average Bonchev–Trinajstić information content (AvgIpc) is 2.72. The first-order valence-electron chi connectivity index (χ1n) is 8.43. The van der Waals surface area contributed by atoms with Crippen LogP contribution in [0.25, 0.3) is 22.2 Å². The van der Waals surface area contributed by atoms with Crippen molar-refractivity contribution in [3.8, 4) is 17.3 Å². The maximum Gasteiger partial charge on any atom is 0.374 e. The van der Waals surface area contributed by atoms with Gasteiger partial charge in [0.15, 0.2) is 11.4 Å². The molecule has 1 aliphatic heterocycles. The van der Waals surface area contributed by atoms with Gasteiger partial charge in [0.1, 0.15) is 18.0 Å². The molecule has 0 amide bonds. The fourth-order valence-electron chi connectivity index (χ4n) is 3.04. The van der Waals surface area contributed by atoms with Crippen molar-refractivity contribution in [2.75, 3.05) is 5.43 Å². The molecule has 4 heterocycles. The van der Waals surface area contributed by atoms with Gasteiger partial charge < -0.3 is 0 Å². The molecule has 0 saturated carbocycles. The van der Waals surface area contributed by atoms with Crippen molar-refractivity contribution in [3.05, 3.63) is 78.2 Å². The third-order valence-corrected chi connectivity index (χ3v) is 4.42. The number of aromatic nitrogens is 3. The Morgan fingerprint density at radius 3 is 2.85 bits per heavy atom. The number of hydrazone groups is 1. The Morgan fingerprint density at radius 2 is 2.00 bits per heavy atom. The highest BCUT2D eigenvalue weighted by Gasteiger charge is 2.30. The summed E-state index contributed by atoms with van der Waals surface area (Å²) < 4.78 is 1.90. The van der Waals surface area contributed by atoms with Gasteiger partial charge >= 0.3 is 5.82 Å². The molecule has 0 fully saturated rings. The molecule has 27 heavy (non-hydrogen) atoms. The van der Waals surface area contributed by atoms with E-state index >= 15 is 0 Å². The molecule has 0 bridgehead atoms. The molecule has 126 valence electrons. The highest BCUT2D eigenvalue weighted by Crippen LogP contribution is 2.33. The van der Waals surface area contributed by atoms with Crippen LogP contribution in [0.4, 0.5) is 11.5 Å². The van der Waals surface area contributed by atoms with E-state index in [1.165, 1.54) is 0 Å². The van der Waals surface area contributed by atoms with E-state index in [0.29, 0.717) is 5.69 Å². The number of pyridine rings is 3. The number of anilines is 1. The Bertz CT molecular complexity index is 1250. The fourth-order valence-corrected chi connectivity index (χ4v) is 3.04. The fraction of sp³-hybridized carbons (Fsp3) is 0. The minimum absolute atomic E-state index is 0.394. The Balaban J connectivity index is 1.50. The normalized spacial score (nSPS) is 13.5. The second-order valence-electron chi connectivity index (χ2n) is 6.18. The van der Waals surface area contributed by atoms with Crippen LogP contribution >= 0.6 is 0 Å². The summed E-state index contributed by atoms with van der Waals surface area (Å²) in [5.41, 5.74) is 8.34. The van der Waals surface area contributed by atoms with Gasteiger partial charge in [-0.3, -0.25) is 4.98 Å². The van der Waals surface area contributed by atoms with E-state index in [2.05, 4.69) is 21.5 Å². The van der Waals surface area contributed by atoms with Crippen LogP contribution in [0.15, 0.2) is 67.0 Å². The van der Waals surface area contributed by atoms with Crippen LogP contribution in [0.5, 0.6) is 0 Å². The lowest BCUT2D eigenvalue weighted by Crippen LogP contribution is -2.27. The lowest BCUT2D eigenvalue weighted by atomic mass is 10.1. The largest absolute Gasteiger partial charge is 0.374 e. The summed E-state index contributed by atoms with van der Waals surface area (Å²) in [6, 6.07) is 19.6. The van der Waals surface area contributed by atoms with E-state index in [1.807, 2.05) is 59.4 Å². The Labute approximate surface area is 155 Å². The number of hydrazine groups is 1. The van der Waals surface area contributed by atoms with Crippen molar-refractivity contribution in [1.29, 1.82) is 5.26 Å². The molecule has 0 unspecified atom stereocenters. The molecule has 0 spiro atoms. The first-order valence-corrected chi connectivity index (χ1v) is 8.43. The minimum atomic E-state index is 0.394. The maximum absolute atomic E-state index is 8.88. The highest BCUT2D eigenvalue weighted by atomic mass is 15.5. The van der Waals surface area contributed by atoms with Crippen LogP contribution in [0.1, 0.15) is 11.3 Å². The van der Waals surface area contributed by atoms with Crippen molar-refractivity contribution < 1.29 is 4.68 Å². The van der Waals surface area contributed by atoms with Crippen LogP contribution in [-0.4, -0.2) is 25.9 Å². The summed E-state index contributed by atoms with van der Waals surface area (Å²) in [4.78, 5) is 13.2. The Morgan fingerprint density at radius 1 is 1.04 bits per heavy atom. The lowest BCUT2D eigenvalue weighted by molar-refractivity contribution is -0.426. The van der Waals surface area contributed by atoms with Crippen molar-refractivity contribution >= 4 is 28.6 Å². The summed E-state index contributed by atoms with van der Waals surface area (Å²) in [5, 5.41) is 9.97. The smallest absolute Gasteiger partial charge is 0.256 e. The SMILES string of the molecule is N#Cc1ccc(-c2ccc3c(n2)[N+](=Cc2ccc4ncccc4c2)N3)cn1. The molecule has 4 aromatic rings. The zero-order valence-corrected chi connectivity index (χ0v) is 14.2. The molecule has 0 saturated heterocycles. The van der Waals surface area contributed by atoms with Crippen molar-refractivity contribution in [2.24, 2.45) is 0 Å². The molecule has 6 nitrogen and oxygen atoms in total. The number of hydrogen-bond acceptors (Lipinski definition) is 5. The molecule has 1 N–H and O–H groups in total. The van der Waals surface area contributed by atoms with Gasteiger partial charge in [0, 0.05) is 28.9 Å². The van der Waals surface area contributed by atoms with E-state index in [9.17, 15) is 0 Å². The van der Waals surface area contributed by atoms with Gasteiger partial charge in [-0.15, -0.1) is 4.68 Å². The second kappa shape index (κ2) is 6.00. The van der Waals surface area contributed by atoms with Gasteiger partial charge in [-0.2, -0.15) is 5.26 Å². The summed E-state index contributed by atoms with van der Waals surface area (Å²) >= 11 is 0. The Kier molecular flexibility index (Phi) is 3.37. The van der Waals surface area contributed by atoms with Gasteiger partial charge in [0.2, 0.25) is 0 Å². The lowest BCUT2D eigenvalue weighted by Gasteiger charge is -2.17. The van der Waals surface area contributed by atoms with E-state index in [1.54, 1.807) is 18.5 Å². The van der Waals surface area contributed by atoms with Crippen molar-refractivity contribution in [3.63, 3.8) is 0 Å². The number of nitrogens with one attached hydrogen (secondary N) is 1. The quantitative estimate of drug-likeness (QED) is 0.559. The topological polar surface area (TPSA) is 77.5 Å². The van der Waals surface area contributed by atoms with E-state index in [4.69, 9.17) is 10.2 Å². The first kappa shape index (κ1) is 15.2. The summed E-state index contributed by atoms with van der Waals surface area (Å²) in [6.45, 7) is 0. The second-order valence-corrected chi connectivity index (χ2v) is 6.18. The monoisotopic (exact) mass is 349 g/mol. The zero-order chi connectivity index (χ0) is 18.2. The number of rotatable bonds is 2. The molecule has 6 heteroatoms. The van der Waals surface area contributed by atoms with Gasteiger partial charge in [0.05, 0.1) is 5.52 Å². The van der Waals surface area contributed by atoms with E-state index in [0.717, 1.165) is 39.2 Å². The van der Waals surface area contributed by atoms with E-state index < -0.39 is 0 Å². The molecule has 0 aliphatic carbocycles. The molecule has 0 radical (unpaired) electrons. The molecule has 3 aromatic heterocycles. The first-order chi connectivity index (χ1) is 13.3. The van der Waals surface area contributed by atoms with Crippen LogP contribution in [-0.2, 0) is 0 Å². The molecular weight excluding hydrogens is 336 g/mol. The van der Waals surface area contributed by atoms with Crippen LogP contribution in [0.3, 0.4) is 0 Å². The number of hydrogen-bond donors (Lipinski definition) is 1. The number of nitrogens with zero attached hydrogens (tertiary/aromatic N) is 5. The molecule has 0 atom stereocenters. The molecule has 1 aromatic carbocycles. The third-order valence-electron chi connectivity index (χ3n) is 4.42. The zero-order valence-electron chi connectivity index (χ0n) is 14.2. The standard InChI is InChI=1S/C21H13N6/c22-11-17-5-4-16(12-24-17)19-7-8-20-21(25-19)27(26-20)13-14-3-6-18-15(10-14)2-1-9-23-18/h1-10,12-13,26H/q+1. The van der Waals surface area contributed by atoms with Gasteiger partial charge in [-0.1, -0.05) is 6.07 Å². The number of nitriles is 1. The third kappa shape index (κ3) is 2.68. The maximum atomic E-state index is 8.88. The van der Waals surface area contributed by atoms with Gasteiger partial charge in [0.25, 0.3) is 0 Å². The summed E-state index contributed by atoms with van der Waals surface area (Å²) in [6.07, 6.45) is 5.47. The average molecular weight is 349 g/mol. The number of benzene rings is 1. The predicted octanol–water partition coefficient (Wildman–Crippen LogP) is 3.67. The predicted molar refractivity (Wildman–Crippen MR) is 103 cm³/mol. The van der Waals surface area contributed by atoms with Crippen LogP contribution in [0, 0.1) is 11.3 Å². The summed E-state index contributed by atoms with van der Waals surface area (Å²) in [7, 11) is 0. The van der Waals surface area contributed by atoms with Crippen LogP contribution in [0.2, 0.25) is 0 Å².